The van der Waals surface area contributed by atoms with Crippen LogP contribution in [-0.2, 0) is 6.54 Å². The number of benzene rings is 1. The van der Waals surface area contributed by atoms with Gasteiger partial charge >= 0.3 is 12.1 Å². The molecule has 1 aromatic rings. The molecule has 6 heteroatoms. The number of rotatable bonds is 5. The lowest BCUT2D eigenvalue weighted by atomic mass is 9.87. The first kappa shape index (κ1) is 17.5. The van der Waals surface area contributed by atoms with Crippen LogP contribution in [0.1, 0.15) is 43.1 Å². The highest BCUT2D eigenvalue weighted by molar-refractivity contribution is 5.87. The maximum Gasteiger partial charge on any atom is 0.403 e. The molecule has 1 rings (SSSR count). The van der Waals surface area contributed by atoms with Gasteiger partial charge in [-0.2, -0.15) is 13.2 Å². The van der Waals surface area contributed by atoms with Gasteiger partial charge < -0.3 is 10.4 Å². The monoisotopic (exact) mass is 303 g/mol. The maximum atomic E-state index is 13.0. The quantitative estimate of drug-likeness (QED) is 0.869. The second-order valence-corrected chi connectivity index (χ2v) is 6.25. The molecule has 1 aromatic carbocycles. The molecular weight excluding hydrogens is 283 g/mol. The predicted molar refractivity (Wildman–Crippen MR) is 74.2 cm³/mol. The SMILES string of the molecule is CC(C)(C)CC(NCc1cccc(C(=O)O)c1)C(F)(F)F. The lowest BCUT2D eigenvalue weighted by Gasteiger charge is -2.28. The molecule has 21 heavy (non-hydrogen) atoms. The fraction of sp³-hybridized carbons (Fsp3) is 0.533. The predicted octanol–water partition coefficient (Wildman–Crippen LogP) is 3.84. The zero-order chi connectivity index (χ0) is 16.3. The molecule has 1 atom stereocenters. The summed E-state index contributed by atoms with van der Waals surface area (Å²) < 4.78 is 39.0. The standard InChI is InChI=1S/C15H20F3NO2/c1-14(2,3)8-12(15(16,17)18)19-9-10-5-4-6-11(7-10)13(20)21/h4-7,12,19H,8-9H2,1-3H3,(H,20,21). The molecule has 0 radical (unpaired) electrons. The first-order valence-corrected chi connectivity index (χ1v) is 6.61. The van der Waals surface area contributed by atoms with Gasteiger partial charge in [-0.15, -0.1) is 0 Å². The molecule has 2 N–H and O–H groups in total. The molecule has 0 aliphatic rings. The van der Waals surface area contributed by atoms with E-state index in [0.29, 0.717) is 5.56 Å². The van der Waals surface area contributed by atoms with Crippen molar-refractivity contribution in [3.05, 3.63) is 35.4 Å². The third kappa shape index (κ3) is 6.16. The van der Waals surface area contributed by atoms with Gasteiger partial charge in [0.25, 0.3) is 0 Å². The van der Waals surface area contributed by atoms with Crippen LogP contribution in [0.2, 0.25) is 0 Å². The van der Waals surface area contributed by atoms with Gasteiger partial charge in [0.15, 0.2) is 0 Å². The summed E-state index contributed by atoms with van der Waals surface area (Å²) in [6.07, 6.45) is -4.38. The van der Waals surface area contributed by atoms with Gasteiger partial charge in [-0.25, -0.2) is 4.79 Å². The van der Waals surface area contributed by atoms with Crippen molar-refractivity contribution >= 4 is 5.97 Å². The Hall–Kier alpha value is -1.56. The molecule has 1 unspecified atom stereocenters. The van der Waals surface area contributed by atoms with E-state index in [0.717, 1.165) is 0 Å². The van der Waals surface area contributed by atoms with Crippen LogP contribution >= 0.6 is 0 Å². The van der Waals surface area contributed by atoms with E-state index in [1.165, 1.54) is 18.2 Å². The Balaban J connectivity index is 2.77. The Kier molecular flexibility index (Phi) is 5.39. The van der Waals surface area contributed by atoms with E-state index in [-0.39, 0.29) is 18.5 Å². The molecule has 0 saturated carbocycles. The third-order valence-electron chi connectivity index (χ3n) is 2.94. The lowest BCUT2D eigenvalue weighted by Crippen LogP contribution is -2.44. The number of carbonyl (C=O) groups is 1. The fourth-order valence-electron chi connectivity index (χ4n) is 1.97. The van der Waals surface area contributed by atoms with Crippen LogP contribution in [-0.4, -0.2) is 23.3 Å². The molecule has 0 amide bonds. The van der Waals surface area contributed by atoms with E-state index in [1.54, 1.807) is 26.8 Å². The second-order valence-electron chi connectivity index (χ2n) is 6.25. The average Bonchev–Trinajstić information content (AvgIpc) is 2.32. The molecule has 0 aromatic heterocycles. The molecular formula is C15H20F3NO2. The molecule has 0 heterocycles. The van der Waals surface area contributed by atoms with E-state index in [2.05, 4.69) is 5.32 Å². The summed E-state index contributed by atoms with van der Waals surface area (Å²) in [6.45, 7) is 5.22. The Labute approximate surface area is 122 Å². The summed E-state index contributed by atoms with van der Waals surface area (Å²) in [4.78, 5) is 10.8. The van der Waals surface area contributed by atoms with Crippen LogP contribution in [0.25, 0.3) is 0 Å². The summed E-state index contributed by atoms with van der Waals surface area (Å²) in [5.74, 6) is -1.10. The van der Waals surface area contributed by atoms with Crippen molar-refractivity contribution < 1.29 is 23.1 Å². The van der Waals surface area contributed by atoms with Crippen molar-refractivity contribution in [2.24, 2.45) is 5.41 Å². The number of carboxylic acids is 1. The first-order valence-electron chi connectivity index (χ1n) is 6.61. The van der Waals surface area contributed by atoms with E-state index in [4.69, 9.17) is 5.11 Å². The van der Waals surface area contributed by atoms with E-state index in [1.807, 2.05) is 0 Å². The smallest absolute Gasteiger partial charge is 0.403 e. The van der Waals surface area contributed by atoms with Crippen LogP contribution in [0, 0.1) is 5.41 Å². The van der Waals surface area contributed by atoms with Crippen LogP contribution in [0.5, 0.6) is 0 Å². The Bertz CT molecular complexity index is 492. The van der Waals surface area contributed by atoms with Gasteiger partial charge in [0.2, 0.25) is 0 Å². The minimum atomic E-state index is -4.34. The zero-order valence-electron chi connectivity index (χ0n) is 12.3. The number of aromatic carboxylic acids is 1. The van der Waals surface area contributed by atoms with Gasteiger partial charge in [0, 0.05) is 6.54 Å². The largest absolute Gasteiger partial charge is 0.478 e. The molecule has 0 saturated heterocycles. The number of nitrogens with one attached hydrogen (secondary N) is 1. The van der Waals surface area contributed by atoms with Crippen LogP contribution < -0.4 is 5.32 Å². The number of halogens is 3. The van der Waals surface area contributed by atoms with Gasteiger partial charge in [-0.05, 0) is 29.5 Å². The highest BCUT2D eigenvalue weighted by Gasteiger charge is 2.41. The van der Waals surface area contributed by atoms with Crippen molar-refractivity contribution in [2.75, 3.05) is 0 Å². The molecule has 0 bridgehead atoms. The first-order chi connectivity index (χ1) is 9.49. The number of hydrogen-bond acceptors (Lipinski definition) is 2. The normalized spacial score (nSPS) is 14.0. The zero-order valence-corrected chi connectivity index (χ0v) is 12.3. The van der Waals surface area contributed by atoms with Gasteiger partial charge in [-0.1, -0.05) is 32.9 Å². The molecule has 0 fully saturated rings. The Morgan fingerprint density at radius 2 is 1.90 bits per heavy atom. The van der Waals surface area contributed by atoms with Crippen molar-refractivity contribution in [1.82, 2.24) is 5.32 Å². The van der Waals surface area contributed by atoms with Crippen LogP contribution in [0.3, 0.4) is 0 Å². The summed E-state index contributed by atoms with van der Waals surface area (Å²) in [5.41, 5.74) is 0.113. The van der Waals surface area contributed by atoms with E-state index < -0.39 is 23.6 Å². The summed E-state index contributed by atoms with van der Waals surface area (Å²) in [7, 11) is 0. The summed E-state index contributed by atoms with van der Waals surface area (Å²) >= 11 is 0. The van der Waals surface area contributed by atoms with Crippen LogP contribution in [0.4, 0.5) is 13.2 Å². The lowest BCUT2D eigenvalue weighted by molar-refractivity contribution is -0.162. The molecule has 0 aliphatic heterocycles. The Morgan fingerprint density at radius 3 is 2.38 bits per heavy atom. The fourth-order valence-corrected chi connectivity index (χ4v) is 1.97. The van der Waals surface area contributed by atoms with Gasteiger partial charge in [-0.3, -0.25) is 0 Å². The Morgan fingerprint density at radius 1 is 1.29 bits per heavy atom. The highest BCUT2D eigenvalue weighted by atomic mass is 19.4. The van der Waals surface area contributed by atoms with Gasteiger partial charge in [0.1, 0.15) is 6.04 Å². The second kappa shape index (κ2) is 6.47. The number of carboxylic acid groups (broad SMARTS) is 1. The van der Waals surface area contributed by atoms with Crippen molar-refractivity contribution in [3.8, 4) is 0 Å². The summed E-state index contributed by atoms with van der Waals surface area (Å²) in [6, 6.07) is 4.28. The third-order valence-corrected chi connectivity index (χ3v) is 2.94. The average molecular weight is 303 g/mol. The molecule has 118 valence electrons. The van der Waals surface area contributed by atoms with Crippen molar-refractivity contribution in [1.29, 1.82) is 0 Å². The minimum Gasteiger partial charge on any atom is -0.478 e. The summed E-state index contributed by atoms with van der Waals surface area (Å²) in [5, 5.41) is 11.3. The van der Waals surface area contributed by atoms with Gasteiger partial charge in [0.05, 0.1) is 5.56 Å². The van der Waals surface area contributed by atoms with Crippen LogP contribution in [0.15, 0.2) is 24.3 Å². The van der Waals surface area contributed by atoms with Crippen molar-refractivity contribution in [2.45, 2.75) is 46.0 Å². The highest BCUT2D eigenvalue weighted by Crippen LogP contribution is 2.30. The molecule has 3 nitrogen and oxygen atoms in total. The van der Waals surface area contributed by atoms with E-state index >= 15 is 0 Å². The molecule has 0 aliphatic carbocycles. The topological polar surface area (TPSA) is 49.3 Å². The number of alkyl halides is 3. The molecule has 0 spiro atoms. The van der Waals surface area contributed by atoms with E-state index in [9.17, 15) is 18.0 Å². The maximum absolute atomic E-state index is 13.0. The minimum absolute atomic E-state index is 0.0264. The number of hydrogen-bond donors (Lipinski definition) is 2. The van der Waals surface area contributed by atoms with Crippen molar-refractivity contribution in [3.63, 3.8) is 0 Å².